The van der Waals surface area contributed by atoms with Crippen LogP contribution in [0.1, 0.15) is 29.4 Å². The summed E-state index contributed by atoms with van der Waals surface area (Å²) in [7, 11) is 0. The molecule has 98 valence electrons. The van der Waals surface area contributed by atoms with Gasteiger partial charge in [-0.25, -0.2) is 18.6 Å². The number of pyridine rings is 1. The fraction of sp³-hybridized carbons (Fsp3) is 0.333. The monoisotopic (exact) mass is 372 g/mol. The minimum absolute atomic E-state index is 0.0630. The highest BCUT2D eigenvalue weighted by atomic mass is 127. The highest BCUT2D eigenvalue weighted by Gasteiger charge is 2.28. The minimum Gasteiger partial charge on any atom is -0.462 e. The van der Waals surface area contributed by atoms with E-state index in [4.69, 9.17) is 0 Å². The van der Waals surface area contributed by atoms with Gasteiger partial charge in [-0.1, -0.05) is 0 Å². The van der Waals surface area contributed by atoms with Gasteiger partial charge in [0.15, 0.2) is 5.69 Å². The first-order chi connectivity index (χ1) is 8.38. The summed E-state index contributed by atoms with van der Waals surface area (Å²) in [5.41, 5.74) is -2.06. The normalized spacial score (nSPS) is 10.5. The Morgan fingerprint density at radius 2 is 2.28 bits per heavy atom. The molecule has 0 saturated carbocycles. The number of alkyl halides is 2. The maximum atomic E-state index is 12.6. The van der Waals surface area contributed by atoms with Crippen LogP contribution in [-0.4, -0.2) is 22.5 Å². The van der Waals surface area contributed by atoms with Gasteiger partial charge in [-0.2, -0.15) is 0 Å². The standard InChI is InChI=1S/C9H7F2IN2O4/c1-2-18-9(15)4-3-5(14(16)17)6(7(10)11)13-8(4)12/h3,7H,2H2,1H3. The number of hydrogen-bond acceptors (Lipinski definition) is 5. The predicted octanol–water partition coefficient (Wildman–Crippen LogP) is 2.71. The maximum Gasteiger partial charge on any atom is 0.341 e. The van der Waals surface area contributed by atoms with Gasteiger partial charge >= 0.3 is 5.97 Å². The molecular formula is C9H7F2IN2O4. The third-order valence-corrected chi connectivity index (χ3v) is 2.71. The third-order valence-electron chi connectivity index (χ3n) is 1.88. The molecule has 9 heteroatoms. The van der Waals surface area contributed by atoms with Crippen molar-refractivity contribution in [2.75, 3.05) is 6.61 Å². The predicted molar refractivity (Wildman–Crippen MR) is 64.5 cm³/mol. The second kappa shape index (κ2) is 5.98. The lowest BCUT2D eigenvalue weighted by atomic mass is 10.2. The van der Waals surface area contributed by atoms with Crippen molar-refractivity contribution in [3.63, 3.8) is 0 Å². The Hall–Kier alpha value is -1.39. The highest BCUT2D eigenvalue weighted by molar-refractivity contribution is 14.1. The van der Waals surface area contributed by atoms with Crippen molar-refractivity contribution in [1.29, 1.82) is 0 Å². The van der Waals surface area contributed by atoms with Crippen LogP contribution in [0.25, 0.3) is 0 Å². The SMILES string of the molecule is CCOC(=O)c1cc([N+](=O)[O-])c(C(F)F)nc1I. The zero-order valence-electron chi connectivity index (χ0n) is 9.02. The van der Waals surface area contributed by atoms with Gasteiger partial charge in [0.05, 0.1) is 17.1 Å². The van der Waals surface area contributed by atoms with Crippen molar-refractivity contribution < 1.29 is 23.2 Å². The molecule has 0 radical (unpaired) electrons. The highest BCUT2D eigenvalue weighted by Crippen LogP contribution is 2.29. The Bertz CT molecular complexity index is 496. The van der Waals surface area contributed by atoms with Crippen LogP contribution in [0.2, 0.25) is 0 Å². The van der Waals surface area contributed by atoms with E-state index in [1.165, 1.54) is 0 Å². The Kier molecular flexibility index (Phi) is 4.87. The van der Waals surface area contributed by atoms with E-state index in [0.717, 1.165) is 6.07 Å². The van der Waals surface area contributed by atoms with Gasteiger partial charge in [0.2, 0.25) is 0 Å². The molecule has 0 aliphatic heterocycles. The Labute approximate surface area is 114 Å². The molecule has 0 aliphatic carbocycles. The van der Waals surface area contributed by atoms with Crippen LogP contribution in [0.5, 0.6) is 0 Å². The summed E-state index contributed by atoms with van der Waals surface area (Å²) in [6.07, 6.45) is -3.09. The largest absolute Gasteiger partial charge is 0.462 e. The molecule has 1 rings (SSSR count). The summed E-state index contributed by atoms with van der Waals surface area (Å²) in [4.78, 5) is 24.5. The number of carbonyl (C=O) groups is 1. The smallest absolute Gasteiger partial charge is 0.341 e. The van der Waals surface area contributed by atoms with Crippen molar-refractivity contribution in [3.8, 4) is 0 Å². The first kappa shape index (κ1) is 14.7. The van der Waals surface area contributed by atoms with Gasteiger partial charge in [0.25, 0.3) is 12.1 Å². The summed E-state index contributed by atoms with van der Waals surface area (Å²) >= 11 is 1.55. The summed E-state index contributed by atoms with van der Waals surface area (Å²) in [5, 5.41) is 10.6. The molecule has 1 aromatic rings. The van der Waals surface area contributed by atoms with Crippen LogP contribution in [0.15, 0.2) is 6.07 Å². The van der Waals surface area contributed by atoms with Crippen LogP contribution in [-0.2, 0) is 4.74 Å². The lowest BCUT2D eigenvalue weighted by Crippen LogP contribution is -2.11. The van der Waals surface area contributed by atoms with Gasteiger partial charge in [0, 0.05) is 6.07 Å². The number of hydrogen-bond donors (Lipinski definition) is 0. The van der Waals surface area contributed by atoms with Gasteiger partial charge in [0.1, 0.15) is 3.70 Å². The number of carbonyl (C=O) groups excluding carboxylic acids is 1. The molecule has 18 heavy (non-hydrogen) atoms. The molecule has 6 nitrogen and oxygen atoms in total. The van der Waals surface area contributed by atoms with E-state index in [1.807, 2.05) is 0 Å². The van der Waals surface area contributed by atoms with E-state index in [9.17, 15) is 23.7 Å². The molecule has 0 bridgehead atoms. The van der Waals surface area contributed by atoms with Crippen molar-refractivity contribution in [2.45, 2.75) is 13.3 Å². The number of nitrogens with zero attached hydrogens (tertiary/aromatic N) is 2. The molecule has 0 aliphatic rings. The molecule has 0 spiro atoms. The Balaban J connectivity index is 3.36. The zero-order valence-corrected chi connectivity index (χ0v) is 11.2. The number of halogens is 3. The van der Waals surface area contributed by atoms with Crippen molar-refractivity contribution in [2.24, 2.45) is 0 Å². The minimum atomic E-state index is -3.09. The average Bonchev–Trinajstić information content (AvgIpc) is 2.28. The molecule has 0 N–H and O–H groups in total. The van der Waals surface area contributed by atoms with Gasteiger partial charge in [-0.3, -0.25) is 10.1 Å². The van der Waals surface area contributed by atoms with Crippen LogP contribution in [0.3, 0.4) is 0 Å². The molecule has 0 fully saturated rings. The van der Waals surface area contributed by atoms with E-state index in [1.54, 1.807) is 29.5 Å². The fourth-order valence-electron chi connectivity index (χ4n) is 1.15. The lowest BCUT2D eigenvalue weighted by molar-refractivity contribution is -0.386. The van der Waals surface area contributed by atoms with E-state index in [0.29, 0.717) is 0 Å². The fourth-order valence-corrected chi connectivity index (χ4v) is 1.79. The first-order valence-corrected chi connectivity index (χ1v) is 5.76. The second-order valence-electron chi connectivity index (χ2n) is 3.01. The number of ether oxygens (including phenoxy) is 1. The summed E-state index contributed by atoms with van der Waals surface area (Å²) < 4.78 is 29.7. The number of rotatable bonds is 4. The van der Waals surface area contributed by atoms with Crippen LogP contribution < -0.4 is 0 Å². The van der Waals surface area contributed by atoms with Gasteiger partial charge in [-0.15, -0.1) is 0 Å². The van der Waals surface area contributed by atoms with Crippen molar-refractivity contribution >= 4 is 34.2 Å². The quantitative estimate of drug-likeness (QED) is 0.267. The van der Waals surface area contributed by atoms with E-state index in [-0.39, 0.29) is 15.9 Å². The number of aromatic nitrogens is 1. The third kappa shape index (κ3) is 3.09. The first-order valence-electron chi connectivity index (χ1n) is 4.68. The molecular weight excluding hydrogens is 365 g/mol. The Morgan fingerprint density at radius 3 is 2.72 bits per heavy atom. The summed E-state index contributed by atoms with van der Waals surface area (Å²) in [5.74, 6) is -0.835. The van der Waals surface area contributed by atoms with Gasteiger partial charge < -0.3 is 4.74 Å². The van der Waals surface area contributed by atoms with Crippen molar-refractivity contribution in [1.82, 2.24) is 4.98 Å². The zero-order chi connectivity index (χ0) is 13.9. The molecule has 1 aromatic heterocycles. The van der Waals surface area contributed by atoms with Crippen LogP contribution in [0, 0.1) is 13.8 Å². The van der Waals surface area contributed by atoms with E-state index < -0.39 is 28.7 Å². The van der Waals surface area contributed by atoms with Gasteiger partial charge in [-0.05, 0) is 29.5 Å². The molecule has 0 unspecified atom stereocenters. The molecule has 0 amide bonds. The number of nitro groups is 1. The van der Waals surface area contributed by atoms with E-state index in [2.05, 4.69) is 9.72 Å². The summed E-state index contributed by atoms with van der Waals surface area (Å²) in [6.45, 7) is 1.62. The molecule has 0 atom stereocenters. The maximum absolute atomic E-state index is 12.6. The van der Waals surface area contributed by atoms with Crippen LogP contribution >= 0.6 is 22.6 Å². The summed E-state index contributed by atoms with van der Waals surface area (Å²) in [6, 6.07) is 0.758. The van der Waals surface area contributed by atoms with Crippen LogP contribution in [0.4, 0.5) is 14.5 Å². The Morgan fingerprint density at radius 1 is 1.67 bits per heavy atom. The molecule has 0 aromatic carbocycles. The number of esters is 1. The van der Waals surface area contributed by atoms with Crippen molar-refractivity contribution in [3.05, 3.63) is 31.1 Å². The lowest BCUT2D eigenvalue weighted by Gasteiger charge is -2.06. The molecule has 0 saturated heterocycles. The average molecular weight is 372 g/mol. The van der Waals surface area contributed by atoms with E-state index >= 15 is 0 Å². The topological polar surface area (TPSA) is 82.3 Å². The second-order valence-corrected chi connectivity index (χ2v) is 4.03. The molecule has 1 heterocycles.